The number of likely N-dealkylation sites (N-methyl/N-ethyl adjacent to an activating group) is 1. The minimum absolute atomic E-state index is 0.154. The molecule has 3 aromatic carbocycles. The lowest BCUT2D eigenvalue weighted by molar-refractivity contribution is -0.132. The molecule has 0 unspecified atom stereocenters. The third-order valence-corrected chi connectivity index (χ3v) is 5.67. The molecule has 0 saturated heterocycles. The van der Waals surface area contributed by atoms with Crippen molar-refractivity contribution in [3.05, 3.63) is 111 Å². The lowest BCUT2D eigenvalue weighted by Gasteiger charge is -2.29. The Kier molecular flexibility index (Phi) is 6.07. The molecule has 0 atom stereocenters. The second kappa shape index (κ2) is 8.92. The number of fused-ring (bicyclic) bond motifs is 1. The number of hydrogen-bond acceptors (Lipinski definition) is 3. The van der Waals surface area contributed by atoms with Crippen molar-refractivity contribution in [1.82, 2.24) is 14.5 Å². The van der Waals surface area contributed by atoms with Gasteiger partial charge in [0, 0.05) is 12.1 Å². The van der Waals surface area contributed by atoms with E-state index in [1.807, 2.05) is 60.7 Å². The number of nitrogens with zero attached hydrogens (tertiary/aromatic N) is 3. The highest BCUT2D eigenvalue weighted by Crippen LogP contribution is 2.28. The van der Waals surface area contributed by atoms with Gasteiger partial charge in [-0.2, -0.15) is 0 Å². The van der Waals surface area contributed by atoms with Crippen LogP contribution in [-0.4, -0.2) is 27.4 Å². The van der Waals surface area contributed by atoms with E-state index in [-0.39, 0.29) is 29.4 Å². The molecule has 0 fully saturated rings. The van der Waals surface area contributed by atoms with Crippen molar-refractivity contribution in [2.24, 2.45) is 0 Å². The summed E-state index contributed by atoms with van der Waals surface area (Å²) >= 11 is 12.2. The van der Waals surface area contributed by atoms with Crippen molar-refractivity contribution in [3.8, 4) is 0 Å². The number of amides is 1. The maximum Gasteiger partial charge on any atom is 0.261 e. The smallest absolute Gasteiger partial charge is 0.261 e. The van der Waals surface area contributed by atoms with Crippen LogP contribution in [-0.2, 0) is 11.3 Å². The molecule has 7 heteroatoms. The maximum absolute atomic E-state index is 13.2. The first-order valence-corrected chi connectivity index (χ1v) is 10.4. The van der Waals surface area contributed by atoms with E-state index in [1.165, 1.54) is 23.0 Å². The number of carbonyl (C=O) groups is 1. The molecule has 4 rings (SSSR count). The molecule has 156 valence electrons. The Labute approximate surface area is 189 Å². The molecule has 4 aromatic rings. The fraction of sp³-hybridized carbons (Fsp3) is 0.125. The zero-order valence-electron chi connectivity index (χ0n) is 16.7. The van der Waals surface area contributed by atoms with E-state index in [0.29, 0.717) is 15.6 Å². The predicted molar refractivity (Wildman–Crippen MR) is 124 cm³/mol. The monoisotopic (exact) mass is 451 g/mol. The van der Waals surface area contributed by atoms with Gasteiger partial charge in [-0.15, -0.1) is 0 Å². The van der Waals surface area contributed by atoms with Gasteiger partial charge in [-0.25, -0.2) is 4.98 Å². The van der Waals surface area contributed by atoms with Gasteiger partial charge in [0.1, 0.15) is 6.54 Å². The normalized spacial score (nSPS) is 11.1. The summed E-state index contributed by atoms with van der Waals surface area (Å²) in [6, 6.07) is 22.3. The number of rotatable bonds is 5. The van der Waals surface area contributed by atoms with E-state index in [1.54, 1.807) is 11.9 Å². The lowest BCUT2D eigenvalue weighted by atomic mass is 9.97. The third kappa shape index (κ3) is 4.33. The Morgan fingerprint density at radius 3 is 2.16 bits per heavy atom. The van der Waals surface area contributed by atoms with Crippen LogP contribution in [0.1, 0.15) is 17.2 Å². The van der Waals surface area contributed by atoms with E-state index < -0.39 is 0 Å². The van der Waals surface area contributed by atoms with Crippen LogP contribution in [0.15, 0.2) is 83.9 Å². The standard InChI is InChI=1S/C24H19Cl2N3O2/c1-28(23(16-8-4-2-5-9-16)17-10-6-3-7-11-17)21(30)14-29-15-27-22-19(24(29)31)12-18(25)13-20(22)26/h2-13,15,23H,14H2,1H3. The van der Waals surface area contributed by atoms with Crippen molar-refractivity contribution >= 4 is 40.0 Å². The van der Waals surface area contributed by atoms with Gasteiger partial charge < -0.3 is 4.90 Å². The van der Waals surface area contributed by atoms with Gasteiger partial charge in [-0.1, -0.05) is 83.9 Å². The molecule has 0 bridgehead atoms. The Morgan fingerprint density at radius 1 is 1.00 bits per heavy atom. The zero-order valence-corrected chi connectivity index (χ0v) is 18.2. The van der Waals surface area contributed by atoms with Crippen LogP contribution in [0.4, 0.5) is 0 Å². The second-order valence-corrected chi connectivity index (χ2v) is 8.03. The fourth-order valence-electron chi connectivity index (χ4n) is 3.62. The molecule has 0 saturated carbocycles. The number of carbonyl (C=O) groups excluding carboxylic acids is 1. The van der Waals surface area contributed by atoms with E-state index in [9.17, 15) is 9.59 Å². The van der Waals surface area contributed by atoms with Crippen molar-refractivity contribution < 1.29 is 4.79 Å². The van der Waals surface area contributed by atoms with Gasteiger partial charge in [-0.3, -0.25) is 14.2 Å². The Bertz CT molecular complexity index is 1250. The molecule has 5 nitrogen and oxygen atoms in total. The molecule has 0 aliphatic heterocycles. The topological polar surface area (TPSA) is 55.2 Å². The predicted octanol–water partition coefficient (Wildman–Crippen LogP) is 4.95. The summed E-state index contributed by atoms with van der Waals surface area (Å²) < 4.78 is 1.28. The second-order valence-electron chi connectivity index (χ2n) is 7.19. The van der Waals surface area contributed by atoms with Gasteiger partial charge in [0.05, 0.1) is 28.3 Å². The molecule has 1 amide bonds. The van der Waals surface area contributed by atoms with Gasteiger partial charge in [0.15, 0.2) is 0 Å². The number of halogens is 2. The van der Waals surface area contributed by atoms with Crippen LogP contribution in [0.2, 0.25) is 10.0 Å². The first-order chi connectivity index (χ1) is 15.0. The first kappa shape index (κ1) is 21.1. The molecule has 0 aliphatic carbocycles. The Hall–Kier alpha value is -3.15. The minimum Gasteiger partial charge on any atom is -0.333 e. The summed E-state index contributed by atoms with van der Waals surface area (Å²) in [6.45, 7) is -0.154. The summed E-state index contributed by atoms with van der Waals surface area (Å²) in [4.78, 5) is 32.0. The van der Waals surface area contributed by atoms with Gasteiger partial charge in [-0.05, 0) is 23.3 Å². The van der Waals surface area contributed by atoms with E-state index in [0.717, 1.165) is 11.1 Å². The average Bonchev–Trinajstić information content (AvgIpc) is 2.77. The molecular weight excluding hydrogens is 433 g/mol. The summed E-state index contributed by atoms with van der Waals surface area (Å²) in [5.74, 6) is -0.228. The minimum atomic E-state index is -0.368. The summed E-state index contributed by atoms with van der Waals surface area (Å²) in [5, 5.41) is 0.910. The Balaban J connectivity index is 1.68. The molecule has 0 spiro atoms. The van der Waals surface area contributed by atoms with Gasteiger partial charge in [0.25, 0.3) is 5.56 Å². The SMILES string of the molecule is CN(C(=O)Cn1cnc2c(Cl)cc(Cl)cc2c1=O)C(c1ccccc1)c1ccccc1. The number of aromatic nitrogens is 2. The largest absolute Gasteiger partial charge is 0.333 e. The highest BCUT2D eigenvalue weighted by Gasteiger charge is 2.24. The average molecular weight is 452 g/mol. The first-order valence-electron chi connectivity index (χ1n) is 9.65. The van der Waals surface area contributed by atoms with Crippen LogP contribution in [0, 0.1) is 0 Å². The molecule has 1 aromatic heterocycles. The number of hydrogen-bond donors (Lipinski definition) is 0. The summed E-state index contributed by atoms with van der Waals surface area (Å²) in [5.41, 5.74) is 1.95. The van der Waals surface area contributed by atoms with Crippen LogP contribution < -0.4 is 5.56 Å². The summed E-state index contributed by atoms with van der Waals surface area (Å²) in [6.07, 6.45) is 1.34. The van der Waals surface area contributed by atoms with Crippen LogP contribution in [0.3, 0.4) is 0 Å². The van der Waals surface area contributed by atoms with Gasteiger partial charge in [0.2, 0.25) is 5.91 Å². The molecule has 0 aliphatic rings. The highest BCUT2D eigenvalue weighted by molar-refractivity contribution is 6.38. The molecule has 0 N–H and O–H groups in total. The van der Waals surface area contributed by atoms with Crippen LogP contribution in [0.5, 0.6) is 0 Å². The Morgan fingerprint density at radius 2 is 1.58 bits per heavy atom. The van der Waals surface area contributed by atoms with Crippen LogP contribution in [0.25, 0.3) is 10.9 Å². The summed E-state index contributed by atoms with van der Waals surface area (Å²) in [7, 11) is 1.74. The quantitative estimate of drug-likeness (QED) is 0.431. The molecular formula is C24H19Cl2N3O2. The van der Waals surface area contributed by atoms with E-state index in [2.05, 4.69) is 4.98 Å². The zero-order chi connectivity index (χ0) is 22.0. The van der Waals surface area contributed by atoms with Gasteiger partial charge >= 0.3 is 0 Å². The van der Waals surface area contributed by atoms with Crippen molar-refractivity contribution in [2.75, 3.05) is 7.05 Å². The molecule has 1 heterocycles. The molecule has 31 heavy (non-hydrogen) atoms. The van der Waals surface area contributed by atoms with Crippen molar-refractivity contribution in [3.63, 3.8) is 0 Å². The van der Waals surface area contributed by atoms with Crippen molar-refractivity contribution in [2.45, 2.75) is 12.6 Å². The fourth-order valence-corrected chi connectivity index (χ4v) is 4.16. The van der Waals surface area contributed by atoms with Crippen LogP contribution >= 0.6 is 23.2 Å². The van der Waals surface area contributed by atoms with E-state index >= 15 is 0 Å². The molecule has 0 radical (unpaired) electrons. The number of benzene rings is 3. The van der Waals surface area contributed by atoms with E-state index in [4.69, 9.17) is 23.2 Å². The lowest BCUT2D eigenvalue weighted by Crippen LogP contribution is -2.37. The highest BCUT2D eigenvalue weighted by atomic mass is 35.5. The van der Waals surface area contributed by atoms with Crippen molar-refractivity contribution in [1.29, 1.82) is 0 Å². The maximum atomic E-state index is 13.2. The third-order valence-electron chi connectivity index (χ3n) is 5.16.